The van der Waals surface area contributed by atoms with Gasteiger partial charge in [0.25, 0.3) is 0 Å². The van der Waals surface area contributed by atoms with Crippen molar-refractivity contribution in [3.63, 3.8) is 0 Å². The van der Waals surface area contributed by atoms with E-state index in [1.165, 1.54) is 18.4 Å². The summed E-state index contributed by atoms with van der Waals surface area (Å²) in [7, 11) is 0. The maximum Gasteiger partial charge on any atom is 0.0417 e. The van der Waals surface area contributed by atoms with E-state index in [0.717, 1.165) is 22.0 Å². The van der Waals surface area contributed by atoms with Crippen molar-refractivity contribution < 1.29 is 0 Å². The summed E-state index contributed by atoms with van der Waals surface area (Å²) in [4.78, 5) is 0. The molecule has 1 atom stereocenters. The highest BCUT2D eigenvalue weighted by Gasteiger charge is 2.32. The first-order chi connectivity index (χ1) is 7.22. The van der Waals surface area contributed by atoms with Crippen molar-refractivity contribution >= 4 is 27.5 Å². The molecule has 0 aliphatic heterocycles. The van der Waals surface area contributed by atoms with Crippen LogP contribution in [0.5, 0.6) is 0 Å². The summed E-state index contributed by atoms with van der Waals surface area (Å²) in [6.45, 7) is 3.16. The van der Waals surface area contributed by atoms with Gasteiger partial charge in [-0.2, -0.15) is 0 Å². The lowest BCUT2D eigenvalue weighted by molar-refractivity contribution is 0.494. The van der Waals surface area contributed by atoms with Gasteiger partial charge in [0.1, 0.15) is 0 Å². The van der Waals surface area contributed by atoms with Gasteiger partial charge < -0.3 is 5.32 Å². The number of hydrogen-bond donors (Lipinski definition) is 1. The third kappa shape index (κ3) is 2.74. The molecule has 3 heteroatoms. The third-order valence-electron chi connectivity index (χ3n) is 2.82. The molecule has 1 aromatic carbocycles. The van der Waals surface area contributed by atoms with Crippen molar-refractivity contribution in [2.75, 3.05) is 6.54 Å². The quantitative estimate of drug-likeness (QED) is 0.877. The molecule has 1 unspecified atom stereocenters. The summed E-state index contributed by atoms with van der Waals surface area (Å²) in [5, 5.41) is 4.34. The molecule has 0 amide bonds. The lowest BCUT2D eigenvalue weighted by Crippen LogP contribution is -2.22. The van der Waals surface area contributed by atoms with Crippen LogP contribution in [0.4, 0.5) is 0 Å². The second-order valence-corrected chi connectivity index (χ2v) is 5.33. The molecule has 1 saturated carbocycles. The van der Waals surface area contributed by atoms with Crippen LogP contribution in [0, 0.1) is 5.92 Å². The molecule has 0 heterocycles. The predicted octanol–water partition coefficient (Wildman–Crippen LogP) is 4.16. The SMILES string of the molecule is CCNC(c1ccc(Cl)cc1Br)C1CC1. The van der Waals surface area contributed by atoms with E-state index in [1.807, 2.05) is 12.1 Å². The number of hydrogen-bond acceptors (Lipinski definition) is 1. The van der Waals surface area contributed by atoms with E-state index in [0.29, 0.717) is 6.04 Å². The van der Waals surface area contributed by atoms with E-state index in [4.69, 9.17) is 11.6 Å². The second kappa shape index (κ2) is 4.86. The van der Waals surface area contributed by atoms with Crippen molar-refractivity contribution in [2.24, 2.45) is 5.92 Å². The fourth-order valence-corrected chi connectivity index (χ4v) is 2.86. The molecule has 0 radical (unpaired) electrons. The number of nitrogens with one attached hydrogen (secondary N) is 1. The average Bonchev–Trinajstić information content (AvgIpc) is 2.98. The summed E-state index contributed by atoms with van der Waals surface area (Å²) >= 11 is 9.53. The van der Waals surface area contributed by atoms with Crippen molar-refractivity contribution in [2.45, 2.75) is 25.8 Å². The van der Waals surface area contributed by atoms with Gasteiger partial charge in [-0.05, 0) is 43.0 Å². The molecule has 1 aliphatic carbocycles. The monoisotopic (exact) mass is 287 g/mol. The highest BCUT2D eigenvalue weighted by Crippen LogP contribution is 2.43. The van der Waals surface area contributed by atoms with Crippen molar-refractivity contribution in [1.82, 2.24) is 5.32 Å². The van der Waals surface area contributed by atoms with Crippen LogP contribution in [-0.2, 0) is 0 Å². The Kier molecular flexibility index (Phi) is 3.70. The second-order valence-electron chi connectivity index (χ2n) is 4.04. The van der Waals surface area contributed by atoms with Crippen LogP contribution >= 0.6 is 27.5 Å². The van der Waals surface area contributed by atoms with Crippen LogP contribution < -0.4 is 5.32 Å². The van der Waals surface area contributed by atoms with E-state index >= 15 is 0 Å². The minimum Gasteiger partial charge on any atom is -0.310 e. The van der Waals surface area contributed by atoms with Gasteiger partial charge in [0, 0.05) is 15.5 Å². The molecule has 1 aliphatic rings. The van der Waals surface area contributed by atoms with Crippen LogP contribution in [0.1, 0.15) is 31.4 Å². The first-order valence-electron chi connectivity index (χ1n) is 5.40. The Labute approximate surface area is 104 Å². The Morgan fingerprint density at radius 3 is 2.80 bits per heavy atom. The molecule has 15 heavy (non-hydrogen) atoms. The molecule has 1 aromatic rings. The zero-order valence-corrected chi connectivity index (χ0v) is 11.1. The lowest BCUT2D eigenvalue weighted by atomic mass is 10.0. The molecule has 1 fully saturated rings. The minimum atomic E-state index is 0.488. The van der Waals surface area contributed by atoms with E-state index in [-0.39, 0.29) is 0 Å². The Balaban J connectivity index is 2.24. The summed E-state index contributed by atoms with van der Waals surface area (Å²) in [5.74, 6) is 0.808. The Hall–Kier alpha value is -0.0500. The first kappa shape index (κ1) is 11.4. The summed E-state index contributed by atoms with van der Waals surface area (Å²) in [6, 6.07) is 6.55. The fourth-order valence-electron chi connectivity index (χ4n) is 1.93. The van der Waals surface area contributed by atoms with Gasteiger partial charge in [0.05, 0.1) is 0 Å². The van der Waals surface area contributed by atoms with Gasteiger partial charge in [-0.1, -0.05) is 40.5 Å². The smallest absolute Gasteiger partial charge is 0.0417 e. The van der Waals surface area contributed by atoms with Crippen LogP contribution in [0.3, 0.4) is 0 Å². The largest absolute Gasteiger partial charge is 0.310 e. The maximum atomic E-state index is 5.94. The summed E-state index contributed by atoms with van der Waals surface area (Å²) in [6.07, 6.45) is 2.68. The summed E-state index contributed by atoms with van der Waals surface area (Å²) in [5.41, 5.74) is 1.34. The Morgan fingerprint density at radius 2 is 2.27 bits per heavy atom. The van der Waals surface area contributed by atoms with Crippen molar-refractivity contribution in [1.29, 1.82) is 0 Å². The van der Waals surface area contributed by atoms with Gasteiger partial charge in [-0.15, -0.1) is 0 Å². The number of halogens is 2. The van der Waals surface area contributed by atoms with E-state index in [1.54, 1.807) is 0 Å². The maximum absolute atomic E-state index is 5.94. The highest BCUT2D eigenvalue weighted by atomic mass is 79.9. The van der Waals surface area contributed by atoms with E-state index < -0.39 is 0 Å². The van der Waals surface area contributed by atoms with Crippen LogP contribution in [-0.4, -0.2) is 6.54 Å². The standard InChI is InChI=1S/C12H15BrClN/c1-2-15-12(8-3-4-8)10-6-5-9(14)7-11(10)13/h5-8,12,15H,2-4H2,1H3. The zero-order valence-electron chi connectivity index (χ0n) is 8.76. The van der Waals surface area contributed by atoms with Crippen LogP contribution in [0.2, 0.25) is 5.02 Å². The molecule has 82 valence electrons. The van der Waals surface area contributed by atoms with Gasteiger partial charge >= 0.3 is 0 Å². The number of benzene rings is 1. The average molecular weight is 289 g/mol. The van der Waals surface area contributed by atoms with Gasteiger partial charge in [-0.25, -0.2) is 0 Å². The summed E-state index contributed by atoms with van der Waals surface area (Å²) < 4.78 is 1.12. The van der Waals surface area contributed by atoms with Crippen molar-refractivity contribution in [3.8, 4) is 0 Å². The van der Waals surface area contributed by atoms with E-state index in [9.17, 15) is 0 Å². The van der Waals surface area contributed by atoms with Crippen LogP contribution in [0.15, 0.2) is 22.7 Å². The topological polar surface area (TPSA) is 12.0 Å². The van der Waals surface area contributed by atoms with Gasteiger partial charge in [0.15, 0.2) is 0 Å². The highest BCUT2D eigenvalue weighted by molar-refractivity contribution is 9.10. The molecule has 2 rings (SSSR count). The number of rotatable bonds is 4. The molecular formula is C12H15BrClN. The fraction of sp³-hybridized carbons (Fsp3) is 0.500. The van der Waals surface area contributed by atoms with Crippen LogP contribution in [0.25, 0.3) is 0 Å². The van der Waals surface area contributed by atoms with E-state index in [2.05, 4.69) is 34.2 Å². The molecule has 1 N–H and O–H groups in total. The normalized spacial score (nSPS) is 17.8. The molecule has 0 bridgehead atoms. The third-order valence-corrected chi connectivity index (χ3v) is 3.74. The molecule has 0 aromatic heterocycles. The predicted molar refractivity (Wildman–Crippen MR) is 68.3 cm³/mol. The molecule has 1 nitrogen and oxygen atoms in total. The van der Waals surface area contributed by atoms with Gasteiger partial charge in [-0.3, -0.25) is 0 Å². The molecular weight excluding hydrogens is 273 g/mol. The minimum absolute atomic E-state index is 0.488. The molecule has 0 spiro atoms. The molecule has 0 saturated heterocycles. The Bertz CT molecular complexity index is 349. The Morgan fingerprint density at radius 1 is 1.53 bits per heavy atom. The first-order valence-corrected chi connectivity index (χ1v) is 6.57. The van der Waals surface area contributed by atoms with Crippen molar-refractivity contribution in [3.05, 3.63) is 33.3 Å². The lowest BCUT2D eigenvalue weighted by Gasteiger charge is -2.19. The zero-order chi connectivity index (χ0) is 10.8. The van der Waals surface area contributed by atoms with Gasteiger partial charge in [0.2, 0.25) is 0 Å².